The maximum Gasteiger partial charge on any atom is 0.250 e. The summed E-state index contributed by atoms with van der Waals surface area (Å²) in [5.74, 6) is 0.0658. The molecule has 0 radical (unpaired) electrons. The van der Waals surface area contributed by atoms with Gasteiger partial charge in [-0.15, -0.1) is 11.3 Å². The van der Waals surface area contributed by atoms with E-state index in [1.807, 2.05) is 6.08 Å². The summed E-state index contributed by atoms with van der Waals surface area (Å²) < 4.78 is 26.6. The highest BCUT2D eigenvalue weighted by atomic mass is 32.2. The van der Waals surface area contributed by atoms with Crippen LogP contribution in [0.25, 0.3) is 0 Å². The van der Waals surface area contributed by atoms with Crippen LogP contribution in [-0.4, -0.2) is 26.2 Å². The molecule has 0 aliphatic heterocycles. The van der Waals surface area contributed by atoms with E-state index in [1.54, 1.807) is 23.6 Å². The standard InChI is InChI=1S/C10H13NO3S2/c12-7-8-3-4-9(6-8)11-16(13,14)10-2-1-5-15-10/h1-5,8-9,11-12H,6-7H2/t8-,9+/m0/s1. The van der Waals surface area contributed by atoms with Gasteiger partial charge in [-0.2, -0.15) is 0 Å². The Morgan fingerprint density at radius 1 is 1.50 bits per heavy atom. The van der Waals surface area contributed by atoms with E-state index in [1.165, 1.54) is 11.3 Å². The summed E-state index contributed by atoms with van der Waals surface area (Å²) in [4.78, 5) is 0. The van der Waals surface area contributed by atoms with Crippen LogP contribution in [0.15, 0.2) is 33.9 Å². The molecule has 0 unspecified atom stereocenters. The Balaban J connectivity index is 2.04. The molecule has 0 amide bonds. The summed E-state index contributed by atoms with van der Waals surface area (Å²) in [5, 5.41) is 10.7. The zero-order valence-electron chi connectivity index (χ0n) is 8.54. The van der Waals surface area contributed by atoms with Crippen LogP contribution < -0.4 is 4.72 Å². The second kappa shape index (κ2) is 4.67. The highest BCUT2D eigenvalue weighted by Gasteiger charge is 2.24. The molecule has 1 aliphatic carbocycles. The van der Waals surface area contributed by atoms with E-state index in [4.69, 9.17) is 5.11 Å². The first-order valence-corrected chi connectivity index (χ1v) is 7.33. The Morgan fingerprint density at radius 2 is 2.31 bits per heavy atom. The molecule has 0 saturated heterocycles. The fourth-order valence-electron chi connectivity index (χ4n) is 1.67. The maximum atomic E-state index is 11.8. The zero-order valence-corrected chi connectivity index (χ0v) is 10.2. The molecule has 6 heteroatoms. The first-order chi connectivity index (χ1) is 7.62. The highest BCUT2D eigenvalue weighted by molar-refractivity contribution is 7.91. The monoisotopic (exact) mass is 259 g/mol. The molecule has 88 valence electrons. The number of thiophene rings is 1. The molecule has 2 rings (SSSR count). The minimum atomic E-state index is -3.40. The van der Waals surface area contributed by atoms with Crippen LogP contribution in [0, 0.1) is 5.92 Å². The summed E-state index contributed by atoms with van der Waals surface area (Å²) in [5.41, 5.74) is 0. The third-order valence-electron chi connectivity index (χ3n) is 2.47. The largest absolute Gasteiger partial charge is 0.396 e. The lowest BCUT2D eigenvalue weighted by Gasteiger charge is -2.11. The molecule has 0 aromatic carbocycles. The van der Waals surface area contributed by atoms with Gasteiger partial charge in [0.15, 0.2) is 0 Å². The van der Waals surface area contributed by atoms with Crippen molar-refractivity contribution in [2.75, 3.05) is 6.61 Å². The second-order valence-corrected chi connectivity index (χ2v) is 6.61. The Kier molecular flexibility index (Phi) is 3.44. The second-order valence-electron chi connectivity index (χ2n) is 3.72. The number of sulfonamides is 1. The van der Waals surface area contributed by atoms with Crippen LogP contribution in [0.5, 0.6) is 0 Å². The molecule has 1 heterocycles. The number of aliphatic hydroxyl groups is 1. The molecule has 2 N–H and O–H groups in total. The van der Waals surface area contributed by atoms with Crippen LogP contribution in [0.2, 0.25) is 0 Å². The van der Waals surface area contributed by atoms with Crippen molar-refractivity contribution in [3.63, 3.8) is 0 Å². The lowest BCUT2D eigenvalue weighted by atomic mass is 10.1. The minimum Gasteiger partial charge on any atom is -0.396 e. The van der Waals surface area contributed by atoms with Crippen molar-refractivity contribution in [1.29, 1.82) is 0 Å². The summed E-state index contributed by atoms with van der Waals surface area (Å²) >= 11 is 1.20. The summed E-state index contributed by atoms with van der Waals surface area (Å²) in [7, 11) is -3.40. The molecule has 0 saturated carbocycles. The van der Waals surface area contributed by atoms with E-state index in [0.717, 1.165) is 0 Å². The van der Waals surface area contributed by atoms with E-state index < -0.39 is 10.0 Å². The van der Waals surface area contributed by atoms with E-state index in [2.05, 4.69) is 4.72 Å². The fraction of sp³-hybridized carbons (Fsp3) is 0.400. The Bertz CT molecular complexity index is 464. The molecule has 1 aliphatic rings. The van der Waals surface area contributed by atoms with Crippen LogP contribution in [0.3, 0.4) is 0 Å². The van der Waals surface area contributed by atoms with Gasteiger partial charge in [-0.05, 0) is 17.9 Å². The first kappa shape index (κ1) is 11.8. The van der Waals surface area contributed by atoms with E-state index >= 15 is 0 Å². The van der Waals surface area contributed by atoms with E-state index in [9.17, 15) is 8.42 Å². The molecule has 1 aromatic heterocycles. The average molecular weight is 259 g/mol. The number of aliphatic hydroxyl groups excluding tert-OH is 1. The van der Waals surface area contributed by atoms with Crippen LogP contribution in [0.1, 0.15) is 6.42 Å². The topological polar surface area (TPSA) is 66.4 Å². The van der Waals surface area contributed by atoms with Gasteiger partial charge in [-0.1, -0.05) is 18.2 Å². The van der Waals surface area contributed by atoms with Gasteiger partial charge >= 0.3 is 0 Å². The molecule has 0 fully saturated rings. The fourth-order valence-corrected chi connectivity index (χ4v) is 3.88. The van der Waals surface area contributed by atoms with Crippen molar-refractivity contribution >= 4 is 21.4 Å². The molecule has 4 nitrogen and oxygen atoms in total. The van der Waals surface area contributed by atoms with E-state index in [0.29, 0.717) is 10.6 Å². The van der Waals surface area contributed by atoms with Gasteiger partial charge in [0.2, 0.25) is 0 Å². The molecular weight excluding hydrogens is 246 g/mol. The van der Waals surface area contributed by atoms with Crippen molar-refractivity contribution < 1.29 is 13.5 Å². The minimum absolute atomic E-state index is 0.0632. The molecule has 1 aromatic rings. The van der Waals surface area contributed by atoms with Gasteiger partial charge in [0.1, 0.15) is 4.21 Å². The van der Waals surface area contributed by atoms with Crippen molar-refractivity contribution in [2.24, 2.45) is 5.92 Å². The normalized spacial score (nSPS) is 25.1. The van der Waals surface area contributed by atoms with Gasteiger partial charge in [0.25, 0.3) is 10.0 Å². The summed E-state index contributed by atoms with van der Waals surface area (Å²) in [6, 6.07) is 3.08. The zero-order chi connectivity index (χ0) is 11.6. The van der Waals surface area contributed by atoms with Gasteiger partial charge in [-0.3, -0.25) is 0 Å². The van der Waals surface area contributed by atoms with E-state index in [-0.39, 0.29) is 18.6 Å². The van der Waals surface area contributed by atoms with Crippen molar-refractivity contribution in [3.05, 3.63) is 29.7 Å². The van der Waals surface area contributed by atoms with Crippen LogP contribution >= 0.6 is 11.3 Å². The average Bonchev–Trinajstić information content (AvgIpc) is 2.86. The van der Waals surface area contributed by atoms with Gasteiger partial charge in [0.05, 0.1) is 0 Å². The van der Waals surface area contributed by atoms with Crippen LogP contribution in [-0.2, 0) is 10.0 Å². The number of nitrogens with one attached hydrogen (secondary N) is 1. The number of hydrogen-bond donors (Lipinski definition) is 2. The van der Waals surface area contributed by atoms with Gasteiger partial charge in [0, 0.05) is 18.6 Å². The SMILES string of the molecule is O=S(=O)(N[C@@H]1C=C[C@H](CO)C1)c1cccs1. The Morgan fingerprint density at radius 3 is 2.88 bits per heavy atom. The maximum absolute atomic E-state index is 11.8. The van der Waals surface area contributed by atoms with Gasteiger partial charge < -0.3 is 5.11 Å². The first-order valence-electron chi connectivity index (χ1n) is 4.97. The molecule has 0 spiro atoms. The van der Waals surface area contributed by atoms with Gasteiger partial charge in [-0.25, -0.2) is 13.1 Å². The van der Waals surface area contributed by atoms with Crippen molar-refractivity contribution in [3.8, 4) is 0 Å². The smallest absolute Gasteiger partial charge is 0.250 e. The predicted octanol–water partition coefficient (Wildman–Crippen LogP) is 0.963. The summed E-state index contributed by atoms with van der Waals surface area (Å²) in [6.07, 6.45) is 4.27. The lowest BCUT2D eigenvalue weighted by molar-refractivity contribution is 0.248. The third kappa shape index (κ3) is 2.52. The molecule has 16 heavy (non-hydrogen) atoms. The highest BCUT2D eigenvalue weighted by Crippen LogP contribution is 2.21. The quantitative estimate of drug-likeness (QED) is 0.792. The number of rotatable bonds is 4. The molecule has 0 bridgehead atoms. The number of hydrogen-bond acceptors (Lipinski definition) is 4. The Hall–Kier alpha value is -0.690. The van der Waals surface area contributed by atoms with Crippen molar-refractivity contribution in [1.82, 2.24) is 4.72 Å². The van der Waals surface area contributed by atoms with Crippen LogP contribution in [0.4, 0.5) is 0 Å². The Labute approximate surface area is 98.7 Å². The summed E-state index contributed by atoms with van der Waals surface area (Å²) in [6.45, 7) is 0.0632. The van der Waals surface area contributed by atoms with Crippen molar-refractivity contribution in [2.45, 2.75) is 16.7 Å². The third-order valence-corrected chi connectivity index (χ3v) is 5.36. The molecule has 2 atom stereocenters. The predicted molar refractivity (Wildman–Crippen MR) is 62.8 cm³/mol. The lowest BCUT2D eigenvalue weighted by Crippen LogP contribution is -2.32. The molecular formula is C10H13NO3S2.